The highest BCUT2D eigenvalue weighted by atomic mass is 16.5. The molecule has 2 aromatic carbocycles. The van der Waals surface area contributed by atoms with E-state index in [1.54, 1.807) is 24.3 Å². The van der Waals surface area contributed by atoms with E-state index in [4.69, 9.17) is 14.0 Å². The van der Waals surface area contributed by atoms with Gasteiger partial charge in [-0.1, -0.05) is 76.9 Å². The Bertz CT molecular complexity index is 1220. The van der Waals surface area contributed by atoms with E-state index < -0.39 is 0 Å². The fraction of sp³-hybridized carbons (Fsp3) is 0.452. The summed E-state index contributed by atoms with van der Waals surface area (Å²) in [5, 5.41) is 7.02. The molecule has 0 unspecified atom stereocenters. The molecule has 7 nitrogen and oxygen atoms in total. The Hall–Kier alpha value is -3.61. The Kier molecular flexibility index (Phi) is 10.1. The Morgan fingerprint density at radius 3 is 2.16 bits per heavy atom. The molecule has 204 valence electrons. The van der Waals surface area contributed by atoms with E-state index in [0.717, 1.165) is 43.3 Å². The summed E-state index contributed by atoms with van der Waals surface area (Å²) in [5.41, 5.74) is 3.46. The maximum absolute atomic E-state index is 13.0. The second-order valence-corrected chi connectivity index (χ2v) is 10.3. The van der Waals surface area contributed by atoms with Crippen LogP contribution in [0.5, 0.6) is 11.5 Å². The molecule has 0 radical (unpaired) electrons. The molecule has 3 aromatic rings. The van der Waals surface area contributed by atoms with Gasteiger partial charge in [-0.25, -0.2) is 0 Å². The van der Waals surface area contributed by atoms with E-state index in [9.17, 15) is 9.59 Å². The fourth-order valence-corrected chi connectivity index (χ4v) is 4.09. The lowest BCUT2D eigenvalue weighted by atomic mass is 9.84. The number of rotatable bonds is 13. The van der Waals surface area contributed by atoms with Gasteiger partial charge >= 0.3 is 0 Å². The molecular formula is C31H40N2O5. The van der Waals surface area contributed by atoms with Gasteiger partial charge in [-0.3, -0.25) is 9.59 Å². The van der Waals surface area contributed by atoms with Gasteiger partial charge in [-0.15, -0.1) is 0 Å². The molecule has 0 spiro atoms. The van der Waals surface area contributed by atoms with Gasteiger partial charge in [0.05, 0.1) is 24.3 Å². The summed E-state index contributed by atoms with van der Waals surface area (Å²) in [4.78, 5) is 24.2. The highest BCUT2D eigenvalue weighted by molar-refractivity contribution is 6.02. The van der Waals surface area contributed by atoms with Gasteiger partial charge in [0.1, 0.15) is 17.8 Å². The van der Waals surface area contributed by atoms with Crippen molar-refractivity contribution < 1.29 is 23.6 Å². The van der Waals surface area contributed by atoms with Gasteiger partial charge in [0.25, 0.3) is 5.91 Å². The molecule has 0 aliphatic carbocycles. The largest absolute Gasteiger partial charge is 0.493 e. The van der Waals surface area contributed by atoms with Crippen molar-refractivity contribution in [2.75, 3.05) is 19.8 Å². The van der Waals surface area contributed by atoms with Crippen molar-refractivity contribution in [1.82, 2.24) is 10.5 Å². The number of unbranched alkanes of at least 4 members (excludes halogenated alkanes) is 2. The quantitative estimate of drug-likeness (QED) is 0.189. The van der Waals surface area contributed by atoms with E-state index in [1.807, 2.05) is 19.1 Å². The second kappa shape index (κ2) is 13.3. The number of ether oxygens (including phenoxy) is 2. The van der Waals surface area contributed by atoms with Crippen LogP contribution < -0.4 is 14.8 Å². The van der Waals surface area contributed by atoms with E-state index in [0.29, 0.717) is 53.5 Å². The summed E-state index contributed by atoms with van der Waals surface area (Å²) in [6, 6.07) is 11.0. The van der Waals surface area contributed by atoms with E-state index in [-0.39, 0.29) is 17.0 Å². The first-order valence-corrected chi connectivity index (χ1v) is 13.5. The lowest BCUT2D eigenvalue weighted by Gasteiger charge is -2.25. The molecular weight excluding hydrogens is 480 g/mol. The van der Waals surface area contributed by atoms with Crippen molar-refractivity contribution >= 4 is 12.2 Å². The number of carbonyl (C=O) groups is 2. The Labute approximate surface area is 225 Å². The maximum Gasteiger partial charge on any atom is 0.274 e. The first kappa shape index (κ1) is 29.0. The number of nitrogens with one attached hydrogen (secondary N) is 1. The van der Waals surface area contributed by atoms with Crippen molar-refractivity contribution in [2.24, 2.45) is 0 Å². The van der Waals surface area contributed by atoms with Crippen molar-refractivity contribution in [3.8, 4) is 33.9 Å². The van der Waals surface area contributed by atoms with Gasteiger partial charge in [0.15, 0.2) is 11.5 Å². The predicted octanol–water partition coefficient (Wildman–Crippen LogP) is 7.23. The second-order valence-electron chi connectivity index (χ2n) is 10.3. The molecule has 1 N–H and O–H groups in total. The van der Waals surface area contributed by atoms with Crippen LogP contribution >= 0.6 is 0 Å². The normalized spacial score (nSPS) is 11.3. The third kappa shape index (κ3) is 6.82. The first-order chi connectivity index (χ1) is 18.2. The average molecular weight is 521 g/mol. The number of aromatic nitrogens is 1. The zero-order chi connectivity index (χ0) is 27.7. The van der Waals surface area contributed by atoms with Gasteiger partial charge in [-0.05, 0) is 36.8 Å². The van der Waals surface area contributed by atoms with Crippen LogP contribution in [0.1, 0.15) is 93.6 Å². The topological polar surface area (TPSA) is 90.7 Å². The summed E-state index contributed by atoms with van der Waals surface area (Å²) in [6.45, 7) is 14.1. The van der Waals surface area contributed by atoms with Crippen molar-refractivity contribution in [3.63, 3.8) is 0 Å². The lowest BCUT2D eigenvalue weighted by Crippen LogP contribution is -2.23. The number of hydrogen-bond donors (Lipinski definition) is 1. The van der Waals surface area contributed by atoms with Crippen molar-refractivity contribution in [2.45, 2.75) is 72.6 Å². The number of aldehydes is 1. The van der Waals surface area contributed by atoms with E-state index >= 15 is 0 Å². The lowest BCUT2D eigenvalue weighted by molar-refractivity contribution is 0.0947. The zero-order valence-corrected chi connectivity index (χ0v) is 23.5. The monoisotopic (exact) mass is 520 g/mol. The number of benzene rings is 2. The summed E-state index contributed by atoms with van der Waals surface area (Å²) in [7, 11) is 0. The van der Waals surface area contributed by atoms with Crippen LogP contribution in [-0.2, 0) is 5.41 Å². The summed E-state index contributed by atoms with van der Waals surface area (Å²) in [6.07, 6.45) is 4.67. The Balaban J connectivity index is 2.27. The highest BCUT2D eigenvalue weighted by Crippen LogP contribution is 2.45. The van der Waals surface area contributed by atoms with Crippen LogP contribution in [-0.4, -0.2) is 37.1 Å². The molecule has 0 aliphatic rings. The van der Waals surface area contributed by atoms with E-state index in [1.165, 1.54) is 0 Å². The SMILES string of the molecule is CCCCOc1cc(OCCCC)c(C(C)(C)C)cc1-c1onc(C(=O)NCC)c1-c1ccc(C=O)cc1. The maximum atomic E-state index is 13.0. The van der Waals surface area contributed by atoms with Crippen LogP contribution in [0.15, 0.2) is 40.9 Å². The molecule has 38 heavy (non-hydrogen) atoms. The minimum Gasteiger partial charge on any atom is -0.493 e. The molecule has 0 aliphatic heterocycles. The molecule has 0 bridgehead atoms. The molecule has 0 saturated heterocycles. The summed E-state index contributed by atoms with van der Waals surface area (Å²) >= 11 is 0. The zero-order valence-electron chi connectivity index (χ0n) is 23.5. The average Bonchev–Trinajstić information content (AvgIpc) is 3.33. The molecule has 0 atom stereocenters. The van der Waals surface area contributed by atoms with E-state index in [2.05, 4.69) is 45.1 Å². The molecule has 1 amide bonds. The van der Waals surface area contributed by atoms with Crippen LogP contribution in [0.2, 0.25) is 0 Å². The minimum atomic E-state index is -0.332. The molecule has 1 heterocycles. The van der Waals surface area contributed by atoms with Gasteiger partial charge < -0.3 is 19.3 Å². The van der Waals surface area contributed by atoms with Crippen LogP contribution in [0.25, 0.3) is 22.5 Å². The van der Waals surface area contributed by atoms with Gasteiger partial charge in [-0.2, -0.15) is 0 Å². The standard InChI is InChI=1S/C31H40N2O5/c1-7-10-16-36-25-19-26(37-17-11-8-2)24(31(4,5)6)18-23(25)29-27(22-14-12-21(20-34)13-15-22)28(33-38-29)30(35)32-9-3/h12-15,18-20H,7-11,16-17H2,1-6H3,(H,32,35). The number of nitrogens with zero attached hydrogens (tertiary/aromatic N) is 1. The number of hydrogen-bond acceptors (Lipinski definition) is 6. The predicted molar refractivity (Wildman–Crippen MR) is 150 cm³/mol. The van der Waals surface area contributed by atoms with Gasteiger partial charge in [0, 0.05) is 23.7 Å². The van der Waals surface area contributed by atoms with Gasteiger partial charge in [0.2, 0.25) is 0 Å². The van der Waals surface area contributed by atoms with Crippen LogP contribution in [0.4, 0.5) is 0 Å². The Morgan fingerprint density at radius 2 is 1.61 bits per heavy atom. The van der Waals surface area contributed by atoms with Crippen LogP contribution in [0.3, 0.4) is 0 Å². The Morgan fingerprint density at radius 1 is 0.974 bits per heavy atom. The minimum absolute atomic E-state index is 0.181. The smallest absolute Gasteiger partial charge is 0.274 e. The van der Waals surface area contributed by atoms with Crippen molar-refractivity contribution in [1.29, 1.82) is 0 Å². The molecule has 3 rings (SSSR count). The summed E-state index contributed by atoms with van der Waals surface area (Å²) in [5.74, 6) is 1.49. The third-order valence-electron chi connectivity index (χ3n) is 6.23. The molecule has 1 aromatic heterocycles. The highest BCUT2D eigenvalue weighted by Gasteiger charge is 2.29. The number of amides is 1. The molecule has 0 fully saturated rings. The summed E-state index contributed by atoms with van der Waals surface area (Å²) < 4.78 is 18.4. The first-order valence-electron chi connectivity index (χ1n) is 13.5. The number of carbonyl (C=O) groups excluding carboxylic acids is 2. The van der Waals surface area contributed by atoms with Crippen molar-refractivity contribution in [3.05, 3.63) is 53.2 Å². The molecule has 7 heteroatoms. The molecule has 0 saturated carbocycles. The van der Waals surface area contributed by atoms with Crippen LogP contribution in [0, 0.1) is 0 Å². The third-order valence-corrected chi connectivity index (χ3v) is 6.23. The fourth-order valence-electron chi connectivity index (χ4n) is 4.09.